The molecule has 0 saturated carbocycles. The van der Waals surface area contributed by atoms with Crippen LogP contribution in [0.25, 0.3) is 17.4 Å². The van der Waals surface area contributed by atoms with Crippen molar-refractivity contribution in [1.82, 2.24) is 0 Å². The first kappa shape index (κ1) is 15.6. The largest absolute Gasteiger partial charge is 0.466 e. The summed E-state index contributed by atoms with van der Waals surface area (Å²) in [6, 6.07) is 7.93. The van der Waals surface area contributed by atoms with Gasteiger partial charge in [0.2, 0.25) is 0 Å². The Morgan fingerprint density at radius 1 is 1.38 bits per heavy atom. The van der Waals surface area contributed by atoms with Gasteiger partial charge in [0.15, 0.2) is 0 Å². The van der Waals surface area contributed by atoms with Gasteiger partial charge in [-0.2, -0.15) is 0 Å². The van der Waals surface area contributed by atoms with Crippen LogP contribution in [0.15, 0.2) is 39.2 Å². The molecular weight excluding hydrogens is 332 g/mol. The predicted molar refractivity (Wildman–Crippen MR) is 87.0 cm³/mol. The van der Waals surface area contributed by atoms with E-state index < -0.39 is 5.97 Å². The highest BCUT2D eigenvalue weighted by molar-refractivity contribution is 9.10. The van der Waals surface area contributed by atoms with Gasteiger partial charge in [-0.05, 0) is 54.8 Å². The van der Waals surface area contributed by atoms with Crippen molar-refractivity contribution in [2.24, 2.45) is 0 Å². The summed E-state index contributed by atoms with van der Waals surface area (Å²) >= 11 is 3.61. The fourth-order valence-corrected chi connectivity index (χ4v) is 2.57. The van der Waals surface area contributed by atoms with Crippen LogP contribution < -0.4 is 0 Å². The molecule has 0 radical (unpaired) electrons. The first-order valence-electron chi connectivity index (χ1n) is 6.70. The maximum absolute atomic E-state index is 11.1. The Labute approximate surface area is 132 Å². The molecule has 0 fully saturated rings. The van der Waals surface area contributed by atoms with E-state index in [1.54, 1.807) is 6.08 Å². The molecule has 0 aliphatic heterocycles. The summed E-state index contributed by atoms with van der Waals surface area (Å²) < 4.78 is 11.4. The van der Waals surface area contributed by atoms with Crippen LogP contribution in [-0.4, -0.2) is 13.1 Å². The number of ether oxygens (including phenoxy) is 1. The lowest BCUT2D eigenvalue weighted by Crippen LogP contribution is -1.92. The SMILES string of the molecule is CCc1cc(-c2ccc(/C=C/C(=O)OC)o2)cc(C)c1Br. The minimum Gasteiger partial charge on any atom is -0.466 e. The van der Waals surface area contributed by atoms with Gasteiger partial charge in [-0.1, -0.05) is 22.9 Å². The Kier molecular flexibility index (Phi) is 5.02. The second-order valence-electron chi connectivity index (χ2n) is 4.68. The molecule has 0 amide bonds. The Hall–Kier alpha value is -1.81. The molecule has 21 heavy (non-hydrogen) atoms. The first-order chi connectivity index (χ1) is 10.0. The fraction of sp³-hybridized carbons (Fsp3) is 0.235. The van der Waals surface area contributed by atoms with E-state index in [2.05, 4.69) is 46.6 Å². The summed E-state index contributed by atoms with van der Waals surface area (Å²) in [5.41, 5.74) is 3.45. The summed E-state index contributed by atoms with van der Waals surface area (Å²) in [5, 5.41) is 0. The summed E-state index contributed by atoms with van der Waals surface area (Å²) in [5.74, 6) is 1.000. The van der Waals surface area contributed by atoms with Crippen molar-refractivity contribution in [2.45, 2.75) is 20.3 Å². The third-order valence-electron chi connectivity index (χ3n) is 3.21. The van der Waals surface area contributed by atoms with E-state index in [-0.39, 0.29) is 0 Å². The topological polar surface area (TPSA) is 39.4 Å². The van der Waals surface area contributed by atoms with E-state index in [9.17, 15) is 4.79 Å². The van der Waals surface area contributed by atoms with E-state index in [1.165, 1.54) is 24.3 Å². The van der Waals surface area contributed by atoms with Gasteiger partial charge < -0.3 is 9.15 Å². The first-order valence-corrected chi connectivity index (χ1v) is 7.49. The van der Waals surface area contributed by atoms with Crippen molar-refractivity contribution < 1.29 is 13.9 Å². The normalized spacial score (nSPS) is 11.0. The lowest BCUT2D eigenvalue weighted by Gasteiger charge is -2.08. The molecule has 2 rings (SSSR count). The van der Waals surface area contributed by atoms with Gasteiger partial charge in [-0.15, -0.1) is 0 Å². The van der Waals surface area contributed by atoms with Crippen molar-refractivity contribution in [3.05, 3.63) is 51.7 Å². The number of carbonyl (C=O) groups excluding carboxylic acids is 1. The predicted octanol–water partition coefficient (Wildman–Crippen LogP) is 4.77. The minimum atomic E-state index is -0.402. The molecule has 0 N–H and O–H groups in total. The van der Waals surface area contributed by atoms with E-state index >= 15 is 0 Å². The quantitative estimate of drug-likeness (QED) is 0.590. The lowest BCUT2D eigenvalue weighted by molar-refractivity contribution is -0.134. The number of esters is 1. The van der Waals surface area contributed by atoms with Gasteiger partial charge in [0, 0.05) is 16.1 Å². The van der Waals surface area contributed by atoms with Crippen molar-refractivity contribution in [3.63, 3.8) is 0 Å². The maximum atomic E-state index is 11.1. The van der Waals surface area contributed by atoms with Crippen molar-refractivity contribution in [2.75, 3.05) is 7.11 Å². The van der Waals surface area contributed by atoms with E-state index in [0.717, 1.165) is 22.2 Å². The molecule has 0 aliphatic carbocycles. The van der Waals surface area contributed by atoms with Gasteiger partial charge >= 0.3 is 5.97 Å². The molecule has 1 aromatic carbocycles. The number of hydrogen-bond acceptors (Lipinski definition) is 3. The maximum Gasteiger partial charge on any atom is 0.330 e. The van der Waals surface area contributed by atoms with E-state index in [0.29, 0.717) is 5.76 Å². The van der Waals surface area contributed by atoms with Gasteiger partial charge in [0.05, 0.1) is 7.11 Å². The molecule has 0 unspecified atom stereocenters. The molecule has 0 bridgehead atoms. The molecule has 4 heteroatoms. The van der Waals surface area contributed by atoms with Crippen molar-refractivity contribution >= 4 is 28.0 Å². The molecule has 0 saturated heterocycles. The van der Waals surface area contributed by atoms with Crippen LogP contribution in [0.2, 0.25) is 0 Å². The summed E-state index contributed by atoms with van der Waals surface area (Å²) in [6.07, 6.45) is 3.89. The zero-order valence-corrected chi connectivity index (χ0v) is 13.9. The van der Waals surface area contributed by atoms with Gasteiger partial charge in [-0.3, -0.25) is 0 Å². The summed E-state index contributed by atoms with van der Waals surface area (Å²) in [4.78, 5) is 11.1. The molecule has 2 aromatic rings. The zero-order valence-electron chi connectivity index (χ0n) is 12.3. The van der Waals surface area contributed by atoms with Crippen LogP contribution in [-0.2, 0) is 16.0 Å². The number of furan rings is 1. The molecule has 3 nitrogen and oxygen atoms in total. The monoisotopic (exact) mass is 348 g/mol. The van der Waals surface area contributed by atoms with E-state index in [1.807, 2.05) is 12.1 Å². The minimum absolute atomic E-state index is 0.402. The van der Waals surface area contributed by atoms with Crippen LogP contribution in [0.3, 0.4) is 0 Å². The van der Waals surface area contributed by atoms with Gasteiger partial charge in [0.25, 0.3) is 0 Å². The number of benzene rings is 1. The average Bonchev–Trinajstić information content (AvgIpc) is 2.96. The lowest BCUT2D eigenvalue weighted by atomic mass is 10.0. The van der Waals surface area contributed by atoms with Crippen LogP contribution in [0.5, 0.6) is 0 Å². The second-order valence-corrected chi connectivity index (χ2v) is 5.47. The van der Waals surface area contributed by atoms with Crippen LogP contribution in [0.1, 0.15) is 23.8 Å². The van der Waals surface area contributed by atoms with Gasteiger partial charge in [-0.25, -0.2) is 4.79 Å². The second kappa shape index (κ2) is 6.76. The molecule has 0 aliphatic rings. The highest BCUT2D eigenvalue weighted by atomic mass is 79.9. The zero-order chi connectivity index (χ0) is 15.4. The number of carbonyl (C=O) groups is 1. The van der Waals surface area contributed by atoms with Crippen molar-refractivity contribution in [3.8, 4) is 11.3 Å². The molecule has 0 atom stereocenters. The number of rotatable bonds is 4. The smallest absolute Gasteiger partial charge is 0.330 e. The van der Waals surface area contributed by atoms with E-state index in [4.69, 9.17) is 4.42 Å². The van der Waals surface area contributed by atoms with Gasteiger partial charge in [0.1, 0.15) is 11.5 Å². The number of halogens is 1. The van der Waals surface area contributed by atoms with Crippen LogP contribution >= 0.6 is 15.9 Å². The van der Waals surface area contributed by atoms with Crippen LogP contribution in [0, 0.1) is 6.92 Å². The standard InChI is InChI=1S/C17H17BrO3/c1-4-12-10-13(9-11(2)17(12)18)15-7-5-14(21-15)6-8-16(19)20-3/h5-10H,4H2,1-3H3/b8-6+. The van der Waals surface area contributed by atoms with Crippen LogP contribution in [0.4, 0.5) is 0 Å². The Morgan fingerprint density at radius 2 is 2.14 bits per heavy atom. The molecule has 1 aromatic heterocycles. The average molecular weight is 349 g/mol. The number of methoxy groups -OCH3 is 1. The highest BCUT2D eigenvalue weighted by Gasteiger charge is 2.09. The van der Waals surface area contributed by atoms with Crippen molar-refractivity contribution in [1.29, 1.82) is 0 Å². The summed E-state index contributed by atoms with van der Waals surface area (Å²) in [7, 11) is 1.34. The Balaban J connectivity index is 2.31. The third-order valence-corrected chi connectivity index (χ3v) is 4.34. The number of aryl methyl sites for hydroxylation is 2. The Bertz CT molecular complexity index is 683. The molecule has 0 spiro atoms. The molecule has 110 valence electrons. The third kappa shape index (κ3) is 3.64. The summed E-state index contributed by atoms with van der Waals surface area (Å²) in [6.45, 7) is 4.18. The number of hydrogen-bond donors (Lipinski definition) is 0. The Morgan fingerprint density at radius 3 is 2.81 bits per heavy atom. The fourth-order valence-electron chi connectivity index (χ4n) is 2.06. The highest BCUT2D eigenvalue weighted by Crippen LogP contribution is 2.30. The molecule has 1 heterocycles. The molecular formula is C17H17BrO3.